The maximum Gasteiger partial charge on any atom is 0.418 e. The molecule has 0 saturated heterocycles. The lowest BCUT2D eigenvalue weighted by Gasteiger charge is -2.14. The molecule has 5 nitrogen and oxygen atoms in total. The number of amides is 2. The molecule has 0 heterocycles. The summed E-state index contributed by atoms with van der Waals surface area (Å²) < 4.78 is 39.4. The summed E-state index contributed by atoms with van der Waals surface area (Å²) in [5.41, 5.74) is 2.00. The molecular formula is C22H19F3N4O. The predicted molar refractivity (Wildman–Crippen MR) is 111 cm³/mol. The van der Waals surface area contributed by atoms with E-state index in [4.69, 9.17) is 0 Å². The SMILES string of the molecule is Cc1ccc(N=Nc2ccc(C)cc2NC(=O)Nc2ccccc2C(F)(F)F)cc1. The second-order valence-corrected chi connectivity index (χ2v) is 6.68. The van der Waals surface area contributed by atoms with E-state index in [2.05, 4.69) is 20.9 Å². The van der Waals surface area contributed by atoms with Gasteiger partial charge in [0.05, 0.1) is 22.6 Å². The number of carbonyl (C=O) groups is 1. The number of halogens is 3. The average molecular weight is 412 g/mol. The second-order valence-electron chi connectivity index (χ2n) is 6.68. The topological polar surface area (TPSA) is 65.8 Å². The van der Waals surface area contributed by atoms with Crippen molar-refractivity contribution >= 4 is 28.8 Å². The summed E-state index contributed by atoms with van der Waals surface area (Å²) in [5.74, 6) is 0. The van der Waals surface area contributed by atoms with Crippen molar-refractivity contribution in [3.63, 3.8) is 0 Å². The monoisotopic (exact) mass is 412 g/mol. The van der Waals surface area contributed by atoms with Gasteiger partial charge in [0.2, 0.25) is 0 Å². The second kappa shape index (κ2) is 8.77. The fourth-order valence-corrected chi connectivity index (χ4v) is 2.68. The van der Waals surface area contributed by atoms with Crippen LogP contribution in [0.1, 0.15) is 16.7 Å². The maximum atomic E-state index is 13.1. The van der Waals surface area contributed by atoms with Crippen LogP contribution in [0.3, 0.4) is 0 Å². The molecule has 0 spiro atoms. The molecule has 2 amide bonds. The minimum Gasteiger partial charge on any atom is -0.307 e. The van der Waals surface area contributed by atoms with Crippen LogP contribution in [0.5, 0.6) is 0 Å². The first-order valence-corrected chi connectivity index (χ1v) is 9.06. The standard InChI is InChI=1S/C22H19F3N4O/c1-14-7-10-16(11-8-14)28-29-19-12-9-15(2)13-20(19)27-21(30)26-18-6-4-3-5-17(18)22(23,24)25/h3-13H,1-2H3,(H2,26,27,30). The molecule has 0 bridgehead atoms. The van der Waals surface area contributed by atoms with E-state index >= 15 is 0 Å². The van der Waals surface area contributed by atoms with E-state index in [0.29, 0.717) is 17.1 Å². The van der Waals surface area contributed by atoms with E-state index in [-0.39, 0.29) is 5.69 Å². The first-order chi connectivity index (χ1) is 14.2. The van der Waals surface area contributed by atoms with E-state index in [1.165, 1.54) is 18.2 Å². The van der Waals surface area contributed by atoms with Gasteiger partial charge >= 0.3 is 12.2 Å². The smallest absolute Gasteiger partial charge is 0.307 e. The molecule has 0 radical (unpaired) electrons. The molecule has 0 fully saturated rings. The molecule has 3 aromatic carbocycles. The van der Waals surface area contributed by atoms with Crippen LogP contribution in [-0.4, -0.2) is 6.03 Å². The van der Waals surface area contributed by atoms with Crippen molar-refractivity contribution in [3.8, 4) is 0 Å². The number of hydrogen-bond acceptors (Lipinski definition) is 3. The number of para-hydroxylation sites is 1. The molecule has 0 aliphatic rings. The quantitative estimate of drug-likeness (QED) is 0.431. The first-order valence-electron chi connectivity index (χ1n) is 9.06. The van der Waals surface area contributed by atoms with Gasteiger partial charge in [0.1, 0.15) is 5.69 Å². The number of nitrogens with one attached hydrogen (secondary N) is 2. The van der Waals surface area contributed by atoms with Crippen LogP contribution >= 0.6 is 0 Å². The summed E-state index contributed by atoms with van der Waals surface area (Å²) in [5, 5.41) is 13.1. The number of anilines is 2. The van der Waals surface area contributed by atoms with Gasteiger partial charge < -0.3 is 10.6 Å². The molecule has 154 valence electrons. The Morgan fingerprint density at radius 3 is 2.13 bits per heavy atom. The third-order valence-corrected chi connectivity index (χ3v) is 4.19. The van der Waals surface area contributed by atoms with Crippen LogP contribution < -0.4 is 10.6 Å². The summed E-state index contributed by atoms with van der Waals surface area (Å²) in [4.78, 5) is 12.4. The molecule has 0 aliphatic heterocycles. The Morgan fingerprint density at radius 1 is 0.800 bits per heavy atom. The van der Waals surface area contributed by atoms with Crippen LogP contribution in [0.25, 0.3) is 0 Å². The maximum absolute atomic E-state index is 13.1. The van der Waals surface area contributed by atoms with Crippen LogP contribution in [0.15, 0.2) is 77.0 Å². The zero-order valence-electron chi connectivity index (χ0n) is 16.3. The molecule has 3 aromatic rings. The summed E-state index contributed by atoms with van der Waals surface area (Å²) >= 11 is 0. The Balaban J connectivity index is 1.81. The van der Waals surface area contributed by atoms with Gasteiger partial charge in [-0.05, 0) is 55.8 Å². The van der Waals surface area contributed by atoms with Gasteiger partial charge in [-0.25, -0.2) is 4.79 Å². The van der Waals surface area contributed by atoms with Crippen molar-refractivity contribution < 1.29 is 18.0 Å². The van der Waals surface area contributed by atoms with E-state index < -0.39 is 17.8 Å². The van der Waals surface area contributed by atoms with E-state index in [1.807, 2.05) is 26.0 Å². The molecular weight excluding hydrogens is 393 g/mol. The normalized spacial score (nSPS) is 11.5. The van der Waals surface area contributed by atoms with Gasteiger partial charge in [0.15, 0.2) is 0 Å². The number of hydrogen-bond donors (Lipinski definition) is 2. The van der Waals surface area contributed by atoms with Gasteiger partial charge in [-0.2, -0.15) is 18.3 Å². The molecule has 8 heteroatoms. The Labute approximate surface area is 171 Å². The number of urea groups is 1. The lowest BCUT2D eigenvalue weighted by Crippen LogP contribution is -2.22. The zero-order chi connectivity index (χ0) is 21.7. The van der Waals surface area contributed by atoms with Crippen molar-refractivity contribution in [1.82, 2.24) is 0 Å². The van der Waals surface area contributed by atoms with Crippen molar-refractivity contribution in [2.75, 3.05) is 10.6 Å². The van der Waals surface area contributed by atoms with E-state index in [9.17, 15) is 18.0 Å². The minimum absolute atomic E-state index is 0.327. The molecule has 2 N–H and O–H groups in total. The fourth-order valence-electron chi connectivity index (χ4n) is 2.68. The molecule has 0 aromatic heterocycles. The minimum atomic E-state index is -4.58. The Bertz CT molecular complexity index is 1080. The highest BCUT2D eigenvalue weighted by atomic mass is 19.4. The van der Waals surface area contributed by atoms with E-state index in [1.54, 1.807) is 30.3 Å². The van der Waals surface area contributed by atoms with Crippen LogP contribution in [0, 0.1) is 13.8 Å². The van der Waals surface area contributed by atoms with Crippen molar-refractivity contribution in [3.05, 3.63) is 83.4 Å². The van der Waals surface area contributed by atoms with Gasteiger partial charge in [-0.15, -0.1) is 5.11 Å². The summed E-state index contributed by atoms with van der Waals surface area (Å²) in [6.45, 7) is 3.78. The van der Waals surface area contributed by atoms with Crippen LogP contribution in [0.2, 0.25) is 0 Å². The zero-order valence-corrected chi connectivity index (χ0v) is 16.3. The fraction of sp³-hybridized carbons (Fsp3) is 0.136. The molecule has 30 heavy (non-hydrogen) atoms. The van der Waals surface area contributed by atoms with E-state index in [0.717, 1.165) is 17.2 Å². The summed E-state index contributed by atoms with van der Waals surface area (Å²) in [6, 6.07) is 16.5. The summed E-state index contributed by atoms with van der Waals surface area (Å²) in [6.07, 6.45) is -4.58. The van der Waals surface area contributed by atoms with Gasteiger partial charge in [-0.1, -0.05) is 35.9 Å². The predicted octanol–water partition coefficient (Wildman–Crippen LogP) is 7.38. The molecule has 0 saturated carbocycles. The van der Waals surface area contributed by atoms with Gasteiger partial charge in [0.25, 0.3) is 0 Å². The number of alkyl halides is 3. The van der Waals surface area contributed by atoms with Crippen molar-refractivity contribution in [1.29, 1.82) is 0 Å². The highest BCUT2D eigenvalue weighted by molar-refractivity contribution is 6.02. The number of aryl methyl sites for hydroxylation is 2. The van der Waals surface area contributed by atoms with Gasteiger partial charge in [0, 0.05) is 0 Å². The number of carbonyl (C=O) groups excluding carboxylic acids is 1. The Kier molecular flexibility index (Phi) is 6.15. The van der Waals surface area contributed by atoms with Crippen molar-refractivity contribution in [2.24, 2.45) is 10.2 Å². The van der Waals surface area contributed by atoms with Crippen LogP contribution in [-0.2, 0) is 6.18 Å². The number of azo groups is 1. The highest BCUT2D eigenvalue weighted by Crippen LogP contribution is 2.35. The first kappa shape index (κ1) is 21.0. The molecule has 0 unspecified atom stereocenters. The number of benzene rings is 3. The molecule has 0 atom stereocenters. The third-order valence-electron chi connectivity index (χ3n) is 4.19. The third kappa shape index (κ3) is 5.44. The molecule has 3 rings (SSSR count). The van der Waals surface area contributed by atoms with Crippen molar-refractivity contribution in [2.45, 2.75) is 20.0 Å². The lowest BCUT2D eigenvalue weighted by atomic mass is 10.1. The number of rotatable bonds is 4. The lowest BCUT2D eigenvalue weighted by molar-refractivity contribution is -0.136. The summed E-state index contributed by atoms with van der Waals surface area (Å²) in [7, 11) is 0. The highest BCUT2D eigenvalue weighted by Gasteiger charge is 2.33. The van der Waals surface area contributed by atoms with Gasteiger partial charge in [-0.3, -0.25) is 0 Å². The Hall–Kier alpha value is -3.68. The Morgan fingerprint density at radius 2 is 1.43 bits per heavy atom. The van der Waals surface area contributed by atoms with Crippen LogP contribution in [0.4, 0.5) is 40.7 Å². The number of nitrogens with zero attached hydrogens (tertiary/aromatic N) is 2. The molecule has 0 aliphatic carbocycles. The largest absolute Gasteiger partial charge is 0.418 e. The average Bonchev–Trinajstić information content (AvgIpc) is 2.68.